The average Bonchev–Trinajstić information content (AvgIpc) is 3.08. The highest BCUT2D eigenvalue weighted by Crippen LogP contribution is 2.44. The van der Waals surface area contributed by atoms with Crippen LogP contribution in [0.3, 0.4) is 0 Å². The van der Waals surface area contributed by atoms with Gasteiger partial charge in [0.1, 0.15) is 17.2 Å². The Morgan fingerprint density at radius 1 is 1.33 bits per heavy atom. The first-order valence-corrected chi connectivity index (χ1v) is 9.88. The Labute approximate surface area is 147 Å². The second kappa shape index (κ2) is 6.45. The zero-order valence-corrected chi connectivity index (χ0v) is 15.4. The summed E-state index contributed by atoms with van der Waals surface area (Å²) in [6.45, 7) is 7.06. The van der Waals surface area contributed by atoms with Crippen LogP contribution in [0.15, 0.2) is 17.6 Å². The molecule has 1 spiro atoms. The van der Waals surface area contributed by atoms with Crippen LogP contribution in [-0.2, 0) is 23.2 Å². The molecular weight excluding hydrogens is 318 g/mol. The number of aryl methyl sites for hydroxylation is 2. The van der Waals surface area contributed by atoms with E-state index in [1.807, 2.05) is 24.5 Å². The van der Waals surface area contributed by atoms with Crippen LogP contribution < -0.4 is 4.90 Å². The molecule has 0 aliphatic carbocycles. The van der Waals surface area contributed by atoms with E-state index in [4.69, 9.17) is 9.72 Å². The molecule has 0 atom stereocenters. The molecule has 0 aromatic carbocycles. The molecule has 2 aromatic rings. The lowest BCUT2D eigenvalue weighted by Gasteiger charge is -2.44. The summed E-state index contributed by atoms with van der Waals surface area (Å²) < 4.78 is 6.33. The van der Waals surface area contributed by atoms with Crippen LogP contribution in [0.2, 0.25) is 0 Å². The van der Waals surface area contributed by atoms with Crippen molar-refractivity contribution < 1.29 is 4.74 Å². The van der Waals surface area contributed by atoms with Crippen LogP contribution in [0.25, 0.3) is 0 Å². The second-order valence-corrected chi connectivity index (χ2v) is 7.79. The summed E-state index contributed by atoms with van der Waals surface area (Å²) in [4.78, 5) is 13.1. The van der Waals surface area contributed by atoms with Crippen LogP contribution in [0.1, 0.15) is 48.0 Å². The number of anilines is 1. The van der Waals surface area contributed by atoms with Crippen LogP contribution in [0, 0.1) is 6.92 Å². The molecule has 0 radical (unpaired) electrons. The maximum atomic E-state index is 6.33. The lowest BCUT2D eigenvalue weighted by atomic mass is 9.85. The SMILES string of the molecule is CCCc1cnc(C)nc1N1CCC2(CC1)OCCc1ccsc12. The third-order valence-corrected chi connectivity index (χ3v) is 6.40. The summed E-state index contributed by atoms with van der Waals surface area (Å²) in [5.41, 5.74) is 2.73. The molecule has 1 fully saturated rings. The quantitative estimate of drug-likeness (QED) is 0.848. The molecule has 0 saturated carbocycles. The van der Waals surface area contributed by atoms with Crippen molar-refractivity contribution in [3.8, 4) is 0 Å². The van der Waals surface area contributed by atoms with Crippen molar-refractivity contribution in [3.63, 3.8) is 0 Å². The highest BCUT2D eigenvalue weighted by molar-refractivity contribution is 7.10. The maximum absolute atomic E-state index is 6.33. The molecule has 5 heteroatoms. The van der Waals surface area contributed by atoms with Crippen molar-refractivity contribution in [2.24, 2.45) is 0 Å². The average molecular weight is 343 g/mol. The van der Waals surface area contributed by atoms with E-state index in [0.717, 1.165) is 63.4 Å². The molecule has 1 saturated heterocycles. The van der Waals surface area contributed by atoms with E-state index in [0.29, 0.717) is 0 Å². The number of hydrogen-bond acceptors (Lipinski definition) is 5. The van der Waals surface area contributed by atoms with Crippen LogP contribution in [-0.4, -0.2) is 29.7 Å². The van der Waals surface area contributed by atoms with Gasteiger partial charge < -0.3 is 9.64 Å². The fraction of sp³-hybridized carbons (Fsp3) is 0.579. The van der Waals surface area contributed by atoms with Crippen molar-refractivity contribution in [3.05, 3.63) is 39.5 Å². The molecule has 2 aliphatic heterocycles. The molecule has 4 rings (SSSR count). The molecule has 2 aromatic heterocycles. The molecule has 24 heavy (non-hydrogen) atoms. The zero-order chi connectivity index (χ0) is 16.6. The van der Waals surface area contributed by atoms with Crippen molar-refractivity contribution in [2.45, 2.75) is 51.6 Å². The molecular formula is C19H25N3OS. The number of piperidine rings is 1. The first kappa shape index (κ1) is 16.0. The predicted octanol–water partition coefficient (Wildman–Crippen LogP) is 3.87. The summed E-state index contributed by atoms with van der Waals surface area (Å²) in [6, 6.07) is 2.28. The Kier molecular flexibility index (Phi) is 4.31. The summed E-state index contributed by atoms with van der Waals surface area (Å²) in [5, 5.41) is 2.22. The molecule has 4 heterocycles. The zero-order valence-electron chi connectivity index (χ0n) is 14.5. The normalized spacial score (nSPS) is 19.5. The first-order valence-electron chi connectivity index (χ1n) is 9.00. The highest BCUT2D eigenvalue weighted by Gasteiger charge is 2.42. The van der Waals surface area contributed by atoms with E-state index in [-0.39, 0.29) is 5.60 Å². The van der Waals surface area contributed by atoms with E-state index >= 15 is 0 Å². The lowest BCUT2D eigenvalue weighted by Crippen LogP contribution is -2.46. The van der Waals surface area contributed by atoms with E-state index in [9.17, 15) is 0 Å². The third kappa shape index (κ3) is 2.74. The number of fused-ring (bicyclic) bond motifs is 2. The maximum Gasteiger partial charge on any atom is 0.135 e. The van der Waals surface area contributed by atoms with Gasteiger partial charge in [0.25, 0.3) is 0 Å². The van der Waals surface area contributed by atoms with Crippen molar-refractivity contribution in [1.29, 1.82) is 0 Å². The largest absolute Gasteiger partial charge is 0.369 e. The minimum Gasteiger partial charge on any atom is -0.369 e. The van der Waals surface area contributed by atoms with E-state index in [2.05, 4.69) is 28.3 Å². The van der Waals surface area contributed by atoms with Gasteiger partial charge in [0, 0.05) is 29.7 Å². The summed E-state index contributed by atoms with van der Waals surface area (Å²) >= 11 is 1.87. The number of nitrogens with zero attached hydrogens (tertiary/aromatic N) is 3. The Hall–Kier alpha value is -1.46. The summed E-state index contributed by atoms with van der Waals surface area (Å²) in [7, 11) is 0. The third-order valence-electron chi connectivity index (χ3n) is 5.26. The lowest BCUT2D eigenvalue weighted by molar-refractivity contribution is -0.0735. The molecule has 0 unspecified atom stereocenters. The molecule has 0 amide bonds. The summed E-state index contributed by atoms with van der Waals surface area (Å²) in [6.07, 6.45) is 7.35. The first-order chi connectivity index (χ1) is 11.7. The van der Waals surface area contributed by atoms with Gasteiger partial charge >= 0.3 is 0 Å². The van der Waals surface area contributed by atoms with Gasteiger partial charge in [0.05, 0.1) is 6.61 Å². The van der Waals surface area contributed by atoms with Gasteiger partial charge in [-0.3, -0.25) is 0 Å². The van der Waals surface area contributed by atoms with Gasteiger partial charge in [-0.25, -0.2) is 9.97 Å². The van der Waals surface area contributed by atoms with Crippen LogP contribution in [0.5, 0.6) is 0 Å². The number of thiophene rings is 1. The fourth-order valence-corrected chi connectivity index (χ4v) is 5.18. The van der Waals surface area contributed by atoms with E-state index < -0.39 is 0 Å². The molecule has 0 N–H and O–H groups in total. The minimum atomic E-state index is -0.0504. The fourth-order valence-electron chi connectivity index (χ4n) is 4.01. The molecule has 0 bridgehead atoms. The van der Waals surface area contributed by atoms with Crippen molar-refractivity contribution in [2.75, 3.05) is 24.6 Å². The van der Waals surface area contributed by atoms with Crippen LogP contribution in [0.4, 0.5) is 5.82 Å². The predicted molar refractivity (Wildman–Crippen MR) is 97.9 cm³/mol. The Morgan fingerprint density at radius 2 is 2.17 bits per heavy atom. The smallest absolute Gasteiger partial charge is 0.135 e. The van der Waals surface area contributed by atoms with Gasteiger partial charge in [-0.1, -0.05) is 13.3 Å². The van der Waals surface area contributed by atoms with Crippen molar-refractivity contribution in [1.82, 2.24) is 9.97 Å². The van der Waals surface area contributed by atoms with Gasteiger partial charge in [0.15, 0.2) is 0 Å². The summed E-state index contributed by atoms with van der Waals surface area (Å²) in [5.74, 6) is 2.00. The highest BCUT2D eigenvalue weighted by atomic mass is 32.1. The van der Waals surface area contributed by atoms with Gasteiger partial charge in [0.2, 0.25) is 0 Å². The topological polar surface area (TPSA) is 38.2 Å². The number of ether oxygens (including phenoxy) is 1. The van der Waals surface area contributed by atoms with Gasteiger partial charge in [-0.2, -0.15) is 0 Å². The number of aromatic nitrogens is 2. The second-order valence-electron chi connectivity index (χ2n) is 6.87. The Morgan fingerprint density at radius 3 is 2.96 bits per heavy atom. The number of rotatable bonds is 3. The minimum absolute atomic E-state index is 0.0504. The van der Waals surface area contributed by atoms with Gasteiger partial charge in [-0.15, -0.1) is 11.3 Å². The molecule has 128 valence electrons. The molecule has 2 aliphatic rings. The standard InChI is InChI=1S/C19H25N3OS/c1-3-4-16-13-20-14(2)21-18(16)22-9-7-19(8-10-22)17-15(5-11-23-19)6-12-24-17/h6,12-13H,3-5,7-11H2,1-2H3. The monoisotopic (exact) mass is 343 g/mol. The van der Waals surface area contributed by atoms with Crippen molar-refractivity contribution >= 4 is 17.2 Å². The van der Waals surface area contributed by atoms with Gasteiger partial charge in [-0.05, 0) is 49.6 Å². The Bertz CT molecular complexity index is 719. The van der Waals surface area contributed by atoms with E-state index in [1.165, 1.54) is 16.0 Å². The van der Waals surface area contributed by atoms with E-state index in [1.54, 1.807) is 0 Å². The number of hydrogen-bond donors (Lipinski definition) is 0. The molecule has 4 nitrogen and oxygen atoms in total. The Balaban J connectivity index is 1.57. The van der Waals surface area contributed by atoms with Crippen LogP contribution >= 0.6 is 11.3 Å².